The number of rotatable bonds is 5. The zero-order chi connectivity index (χ0) is 21.3. The molecule has 0 saturated carbocycles. The summed E-state index contributed by atoms with van der Waals surface area (Å²) in [7, 11) is 0. The Hall–Kier alpha value is -3.40. The van der Waals surface area contributed by atoms with Crippen molar-refractivity contribution in [3.8, 4) is 22.3 Å². The van der Waals surface area contributed by atoms with Crippen LogP contribution in [-0.4, -0.2) is 0 Å². The maximum absolute atomic E-state index is 14.7. The second kappa shape index (κ2) is 8.15. The Morgan fingerprint density at radius 3 is 1.93 bits per heavy atom. The number of benzene rings is 4. The summed E-state index contributed by atoms with van der Waals surface area (Å²) in [4.78, 5) is 0. The van der Waals surface area contributed by atoms with Crippen LogP contribution >= 0.6 is 0 Å². The van der Waals surface area contributed by atoms with E-state index in [4.69, 9.17) is 0 Å². The molecule has 0 amide bonds. The number of aryl methyl sites for hydroxylation is 1. The Labute approximate surface area is 172 Å². The van der Waals surface area contributed by atoms with Crippen molar-refractivity contribution in [2.24, 2.45) is 0 Å². The molecule has 0 radical (unpaired) electrons. The van der Waals surface area contributed by atoms with E-state index in [0.29, 0.717) is 17.2 Å². The van der Waals surface area contributed by atoms with E-state index in [1.54, 1.807) is 6.07 Å². The third-order valence-electron chi connectivity index (χ3n) is 5.07. The topological polar surface area (TPSA) is 0 Å². The van der Waals surface area contributed by atoms with Gasteiger partial charge in [0.1, 0.15) is 23.3 Å². The van der Waals surface area contributed by atoms with Gasteiger partial charge in [0.2, 0.25) is 0 Å². The van der Waals surface area contributed by atoms with Crippen molar-refractivity contribution in [3.63, 3.8) is 0 Å². The Kier molecular flexibility index (Phi) is 5.40. The van der Waals surface area contributed by atoms with Gasteiger partial charge < -0.3 is 0 Å². The molecule has 0 aliphatic rings. The average molecular weight is 406 g/mol. The molecule has 0 aromatic heterocycles. The molecule has 4 heteroatoms. The lowest BCUT2D eigenvalue weighted by atomic mass is 9.96. The predicted molar refractivity (Wildman–Crippen MR) is 113 cm³/mol. The molecule has 150 valence electrons. The van der Waals surface area contributed by atoms with Crippen LogP contribution in [0.2, 0.25) is 0 Å². The van der Waals surface area contributed by atoms with Crippen LogP contribution in [0.15, 0.2) is 79.4 Å². The third kappa shape index (κ3) is 3.99. The van der Waals surface area contributed by atoms with Crippen molar-refractivity contribution >= 4 is 10.8 Å². The standard InChI is InChI=1S/C26H18F4/c1-2-3-4-16-5-6-18-10-19(8-7-17(18)9-16)20-13-24(29)26(25(30)14-20)21-11-22(27)15-23(28)12-21/h2,5-15H,1,3-4H2. The molecule has 0 aliphatic heterocycles. The van der Waals surface area contributed by atoms with Crippen molar-refractivity contribution in [3.05, 3.63) is 108 Å². The van der Waals surface area contributed by atoms with Gasteiger partial charge in [-0.1, -0.05) is 36.4 Å². The fraction of sp³-hybridized carbons (Fsp3) is 0.0769. The molecule has 0 nitrogen and oxygen atoms in total. The first kappa shape index (κ1) is 19.9. The number of allylic oxidation sites excluding steroid dienone is 1. The number of fused-ring (bicyclic) bond motifs is 1. The van der Waals surface area contributed by atoms with Crippen LogP contribution in [0.1, 0.15) is 12.0 Å². The van der Waals surface area contributed by atoms with E-state index < -0.39 is 28.8 Å². The van der Waals surface area contributed by atoms with E-state index in [1.807, 2.05) is 30.3 Å². The van der Waals surface area contributed by atoms with Gasteiger partial charge in [0.25, 0.3) is 0 Å². The Balaban J connectivity index is 1.73. The highest BCUT2D eigenvalue weighted by Crippen LogP contribution is 2.33. The lowest BCUT2D eigenvalue weighted by Gasteiger charge is -2.10. The van der Waals surface area contributed by atoms with Gasteiger partial charge in [-0.05, 0) is 76.2 Å². The van der Waals surface area contributed by atoms with Gasteiger partial charge in [-0.15, -0.1) is 6.58 Å². The molecule has 0 N–H and O–H groups in total. The number of hydrogen-bond donors (Lipinski definition) is 0. The third-order valence-corrected chi connectivity index (χ3v) is 5.07. The molecule has 0 heterocycles. The highest BCUT2D eigenvalue weighted by atomic mass is 19.1. The van der Waals surface area contributed by atoms with Gasteiger partial charge >= 0.3 is 0 Å². The van der Waals surface area contributed by atoms with Crippen LogP contribution in [0.5, 0.6) is 0 Å². The Morgan fingerprint density at radius 1 is 0.633 bits per heavy atom. The minimum atomic E-state index is -0.894. The summed E-state index contributed by atoms with van der Waals surface area (Å²) in [6.45, 7) is 3.73. The average Bonchev–Trinajstić information content (AvgIpc) is 2.70. The van der Waals surface area contributed by atoms with Crippen molar-refractivity contribution in [2.75, 3.05) is 0 Å². The van der Waals surface area contributed by atoms with E-state index in [2.05, 4.69) is 12.6 Å². The van der Waals surface area contributed by atoms with E-state index in [9.17, 15) is 17.6 Å². The summed E-state index contributed by atoms with van der Waals surface area (Å²) in [5.74, 6) is -3.55. The molecule has 0 fully saturated rings. The molecule has 4 aromatic carbocycles. The zero-order valence-corrected chi connectivity index (χ0v) is 16.1. The highest BCUT2D eigenvalue weighted by Gasteiger charge is 2.16. The summed E-state index contributed by atoms with van der Waals surface area (Å²) >= 11 is 0. The fourth-order valence-corrected chi connectivity index (χ4v) is 3.61. The quantitative estimate of drug-likeness (QED) is 0.234. The molecule has 4 rings (SSSR count). The van der Waals surface area contributed by atoms with E-state index >= 15 is 0 Å². The van der Waals surface area contributed by atoms with Gasteiger partial charge in [0.15, 0.2) is 0 Å². The monoisotopic (exact) mass is 406 g/mol. The minimum Gasteiger partial charge on any atom is -0.207 e. The maximum atomic E-state index is 14.7. The summed E-state index contributed by atoms with van der Waals surface area (Å²) in [6.07, 6.45) is 3.67. The van der Waals surface area contributed by atoms with Crippen LogP contribution < -0.4 is 0 Å². The smallest absolute Gasteiger partial charge is 0.134 e. The van der Waals surface area contributed by atoms with Gasteiger partial charge in [0, 0.05) is 6.07 Å². The minimum absolute atomic E-state index is 0.181. The highest BCUT2D eigenvalue weighted by molar-refractivity contribution is 5.88. The first-order valence-corrected chi connectivity index (χ1v) is 9.54. The van der Waals surface area contributed by atoms with Gasteiger partial charge in [-0.3, -0.25) is 0 Å². The molecular formula is C26H18F4. The lowest BCUT2D eigenvalue weighted by Crippen LogP contribution is -1.94. The summed E-state index contributed by atoms with van der Waals surface area (Å²) in [5, 5.41) is 1.99. The van der Waals surface area contributed by atoms with Gasteiger partial charge in [-0.25, -0.2) is 17.6 Å². The Morgan fingerprint density at radius 2 is 1.27 bits per heavy atom. The van der Waals surface area contributed by atoms with Crippen molar-refractivity contribution < 1.29 is 17.6 Å². The van der Waals surface area contributed by atoms with Crippen molar-refractivity contribution in [1.29, 1.82) is 0 Å². The molecule has 0 atom stereocenters. The molecule has 0 spiro atoms. The van der Waals surface area contributed by atoms with Crippen LogP contribution in [0.3, 0.4) is 0 Å². The van der Waals surface area contributed by atoms with E-state index in [-0.39, 0.29) is 5.56 Å². The van der Waals surface area contributed by atoms with Crippen LogP contribution in [0, 0.1) is 23.3 Å². The first-order valence-electron chi connectivity index (χ1n) is 9.54. The molecule has 30 heavy (non-hydrogen) atoms. The summed E-state index contributed by atoms with van der Waals surface area (Å²) in [6, 6.07) is 16.5. The maximum Gasteiger partial charge on any atom is 0.134 e. The number of hydrogen-bond acceptors (Lipinski definition) is 0. The largest absolute Gasteiger partial charge is 0.207 e. The normalized spacial score (nSPS) is 11.1. The molecule has 0 unspecified atom stereocenters. The molecule has 0 saturated heterocycles. The van der Waals surface area contributed by atoms with E-state index in [0.717, 1.165) is 35.7 Å². The predicted octanol–water partition coefficient (Wildman–Crippen LogP) is 7.85. The first-order chi connectivity index (χ1) is 14.4. The lowest BCUT2D eigenvalue weighted by molar-refractivity contribution is 0.578. The zero-order valence-electron chi connectivity index (χ0n) is 16.1. The van der Waals surface area contributed by atoms with Crippen molar-refractivity contribution in [2.45, 2.75) is 12.8 Å². The second-order valence-electron chi connectivity index (χ2n) is 7.20. The van der Waals surface area contributed by atoms with Crippen LogP contribution in [0.25, 0.3) is 33.0 Å². The van der Waals surface area contributed by atoms with Crippen LogP contribution in [0.4, 0.5) is 17.6 Å². The van der Waals surface area contributed by atoms with Crippen molar-refractivity contribution in [1.82, 2.24) is 0 Å². The molecule has 0 aliphatic carbocycles. The molecule has 0 bridgehead atoms. The Bertz CT molecular complexity index is 1210. The number of halogens is 4. The van der Waals surface area contributed by atoms with Gasteiger partial charge in [0.05, 0.1) is 5.56 Å². The van der Waals surface area contributed by atoms with Crippen LogP contribution in [-0.2, 0) is 6.42 Å². The fourth-order valence-electron chi connectivity index (χ4n) is 3.61. The molecule has 4 aromatic rings. The summed E-state index contributed by atoms with van der Waals surface area (Å²) < 4.78 is 56.4. The molecular weight excluding hydrogens is 388 g/mol. The summed E-state index contributed by atoms with van der Waals surface area (Å²) in [5.41, 5.74) is 1.56. The second-order valence-corrected chi connectivity index (χ2v) is 7.20. The van der Waals surface area contributed by atoms with Gasteiger partial charge in [-0.2, -0.15) is 0 Å². The SMILES string of the molecule is C=CCCc1ccc2cc(-c3cc(F)c(-c4cc(F)cc(F)c4)c(F)c3)ccc2c1. The van der Waals surface area contributed by atoms with E-state index in [1.165, 1.54) is 17.7 Å².